The van der Waals surface area contributed by atoms with E-state index in [1.807, 2.05) is 0 Å². The van der Waals surface area contributed by atoms with E-state index in [2.05, 4.69) is 22.6 Å². The average Bonchev–Trinajstić information content (AvgIpc) is 2.90. The zero-order valence-electron chi connectivity index (χ0n) is 10.9. The number of hydrogen-bond donors (Lipinski definition) is 1. The van der Waals surface area contributed by atoms with Gasteiger partial charge in [-0.05, 0) is 33.0 Å². The molecular weight excluding hydrogens is 246 g/mol. The van der Waals surface area contributed by atoms with Crippen molar-refractivity contribution in [3.63, 3.8) is 0 Å². The molecular formula is C13H21N3OS. The minimum Gasteiger partial charge on any atom is -0.378 e. The first-order valence-electron chi connectivity index (χ1n) is 6.78. The predicted molar refractivity (Wildman–Crippen MR) is 73.1 cm³/mol. The highest BCUT2D eigenvalue weighted by Gasteiger charge is 2.23. The number of likely N-dealkylation sites (tertiary alicyclic amines) is 1. The van der Waals surface area contributed by atoms with E-state index >= 15 is 0 Å². The van der Waals surface area contributed by atoms with Gasteiger partial charge in [0.15, 0.2) is 0 Å². The topological polar surface area (TPSA) is 37.4 Å². The van der Waals surface area contributed by atoms with Crippen LogP contribution in [-0.2, 0) is 4.74 Å². The largest absolute Gasteiger partial charge is 0.378 e. The fourth-order valence-corrected chi connectivity index (χ4v) is 3.64. The molecule has 0 bridgehead atoms. The van der Waals surface area contributed by atoms with Gasteiger partial charge < -0.3 is 15.0 Å². The van der Waals surface area contributed by atoms with Gasteiger partial charge in [0, 0.05) is 17.8 Å². The molecule has 1 N–H and O–H groups in total. The minimum atomic E-state index is 0.309. The Morgan fingerprint density at radius 3 is 3.00 bits per heavy atom. The third kappa shape index (κ3) is 2.74. The standard InChI is InChI=1S/C13H21N3OS/c1-16-5-2-10(3-6-16)12-9-18-13(15-12)11-8-17-7-4-14-11/h9-11,14H,2-8H2,1H3. The van der Waals surface area contributed by atoms with E-state index in [1.54, 1.807) is 11.3 Å². The third-order valence-corrected chi connectivity index (χ3v) is 4.87. The Labute approximate surface area is 112 Å². The fourth-order valence-electron chi connectivity index (χ4n) is 2.68. The van der Waals surface area contributed by atoms with E-state index in [-0.39, 0.29) is 0 Å². The van der Waals surface area contributed by atoms with Crippen molar-refractivity contribution >= 4 is 11.3 Å². The number of ether oxygens (including phenoxy) is 1. The molecule has 3 rings (SSSR count). The lowest BCUT2D eigenvalue weighted by atomic mass is 9.94. The summed E-state index contributed by atoms with van der Waals surface area (Å²) >= 11 is 1.78. The normalized spacial score (nSPS) is 27.5. The summed E-state index contributed by atoms with van der Waals surface area (Å²) in [5.74, 6) is 0.663. The third-order valence-electron chi connectivity index (χ3n) is 3.90. The van der Waals surface area contributed by atoms with Crippen molar-refractivity contribution in [3.8, 4) is 0 Å². The van der Waals surface area contributed by atoms with Gasteiger partial charge >= 0.3 is 0 Å². The van der Waals surface area contributed by atoms with Crippen LogP contribution in [-0.4, -0.2) is 49.8 Å². The molecule has 0 saturated carbocycles. The second-order valence-corrected chi connectivity index (χ2v) is 6.16. The van der Waals surface area contributed by atoms with Crippen molar-refractivity contribution in [2.75, 3.05) is 39.9 Å². The lowest BCUT2D eigenvalue weighted by molar-refractivity contribution is 0.0767. The van der Waals surface area contributed by atoms with E-state index in [1.165, 1.54) is 36.6 Å². The molecule has 4 nitrogen and oxygen atoms in total. The van der Waals surface area contributed by atoms with Crippen LogP contribution >= 0.6 is 11.3 Å². The zero-order chi connectivity index (χ0) is 12.4. The molecule has 0 radical (unpaired) electrons. The molecule has 1 atom stereocenters. The van der Waals surface area contributed by atoms with Crippen LogP contribution < -0.4 is 5.32 Å². The fraction of sp³-hybridized carbons (Fsp3) is 0.769. The van der Waals surface area contributed by atoms with Crippen LogP contribution in [0.1, 0.15) is 35.5 Å². The maximum atomic E-state index is 5.50. The highest BCUT2D eigenvalue weighted by atomic mass is 32.1. The number of morpholine rings is 1. The van der Waals surface area contributed by atoms with Gasteiger partial charge in [-0.25, -0.2) is 4.98 Å². The molecule has 1 unspecified atom stereocenters. The molecule has 5 heteroatoms. The number of nitrogens with zero attached hydrogens (tertiary/aromatic N) is 2. The first-order chi connectivity index (χ1) is 8.83. The van der Waals surface area contributed by atoms with Gasteiger partial charge in [0.2, 0.25) is 0 Å². The monoisotopic (exact) mass is 267 g/mol. The summed E-state index contributed by atoms with van der Waals surface area (Å²) in [7, 11) is 2.20. The Morgan fingerprint density at radius 1 is 1.44 bits per heavy atom. The highest BCUT2D eigenvalue weighted by molar-refractivity contribution is 7.09. The number of aromatic nitrogens is 1. The SMILES string of the molecule is CN1CCC(c2csc(C3COCCN3)n2)CC1. The highest BCUT2D eigenvalue weighted by Crippen LogP contribution is 2.30. The molecule has 1 aromatic heterocycles. The van der Waals surface area contributed by atoms with Crippen molar-refractivity contribution in [2.24, 2.45) is 0 Å². The van der Waals surface area contributed by atoms with Gasteiger partial charge in [0.25, 0.3) is 0 Å². The van der Waals surface area contributed by atoms with E-state index in [0.717, 1.165) is 19.8 Å². The molecule has 2 aliphatic rings. The molecule has 3 heterocycles. The molecule has 0 spiro atoms. The van der Waals surface area contributed by atoms with E-state index in [0.29, 0.717) is 12.0 Å². The second kappa shape index (κ2) is 5.65. The quantitative estimate of drug-likeness (QED) is 0.883. The van der Waals surface area contributed by atoms with Gasteiger partial charge in [-0.3, -0.25) is 0 Å². The maximum absolute atomic E-state index is 5.50. The smallest absolute Gasteiger partial charge is 0.112 e. The van der Waals surface area contributed by atoms with Crippen LogP contribution in [0.25, 0.3) is 0 Å². The summed E-state index contributed by atoms with van der Waals surface area (Å²) in [5.41, 5.74) is 1.30. The minimum absolute atomic E-state index is 0.309. The van der Waals surface area contributed by atoms with Gasteiger partial charge in [-0.15, -0.1) is 11.3 Å². The lowest BCUT2D eigenvalue weighted by Crippen LogP contribution is -2.34. The van der Waals surface area contributed by atoms with Crippen LogP contribution in [0, 0.1) is 0 Å². The summed E-state index contributed by atoms with van der Waals surface area (Å²) in [6.07, 6.45) is 2.49. The van der Waals surface area contributed by atoms with Gasteiger partial charge in [0.05, 0.1) is 24.9 Å². The maximum Gasteiger partial charge on any atom is 0.112 e. The Kier molecular flexibility index (Phi) is 3.94. The molecule has 0 aliphatic carbocycles. The number of thiazole rings is 1. The molecule has 2 aliphatic heterocycles. The summed E-state index contributed by atoms with van der Waals surface area (Å²) < 4.78 is 5.50. The van der Waals surface area contributed by atoms with Crippen LogP contribution in [0.4, 0.5) is 0 Å². The Morgan fingerprint density at radius 2 is 2.28 bits per heavy atom. The molecule has 0 amide bonds. The van der Waals surface area contributed by atoms with Crippen molar-refractivity contribution in [2.45, 2.75) is 24.8 Å². The van der Waals surface area contributed by atoms with Crippen molar-refractivity contribution in [1.29, 1.82) is 0 Å². The summed E-state index contributed by atoms with van der Waals surface area (Å²) in [5, 5.41) is 6.92. The first kappa shape index (κ1) is 12.5. The van der Waals surface area contributed by atoms with Gasteiger partial charge in [-0.1, -0.05) is 0 Å². The Balaban J connectivity index is 1.65. The van der Waals surface area contributed by atoms with Crippen LogP contribution in [0.15, 0.2) is 5.38 Å². The first-order valence-corrected chi connectivity index (χ1v) is 7.66. The van der Waals surface area contributed by atoms with E-state index in [4.69, 9.17) is 9.72 Å². The molecule has 2 fully saturated rings. The molecule has 18 heavy (non-hydrogen) atoms. The summed E-state index contributed by atoms with van der Waals surface area (Å²) in [4.78, 5) is 7.24. The number of nitrogens with one attached hydrogen (secondary N) is 1. The summed E-state index contributed by atoms with van der Waals surface area (Å²) in [6.45, 7) is 4.92. The van der Waals surface area contributed by atoms with Crippen LogP contribution in [0.3, 0.4) is 0 Å². The van der Waals surface area contributed by atoms with Gasteiger partial charge in [-0.2, -0.15) is 0 Å². The zero-order valence-corrected chi connectivity index (χ0v) is 11.7. The number of rotatable bonds is 2. The van der Waals surface area contributed by atoms with Crippen LogP contribution in [0.2, 0.25) is 0 Å². The second-order valence-electron chi connectivity index (χ2n) is 5.27. The summed E-state index contributed by atoms with van der Waals surface area (Å²) in [6, 6.07) is 0.309. The van der Waals surface area contributed by atoms with Crippen molar-refractivity contribution in [3.05, 3.63) is 16.1 Å². The Bertz CT molecular complexity index is 381. The van der Waals surface area contributed by atoms with Gasteiger partial charge in [0.1, 0.15) is 5.01 Å². The molecule has 100 valence electrons. The molecule has 0 aromatic carbocycles. The average molecular weight is 267 g/mol. The number of piperidine rings is 1. The van der Waals surface area contributed by atoms with E-state index in [9.17, 15) is 0 Å². The van der Waals surface area contributed by atoms with Crippen molar-refractivity contribution < 1.29 is 4.74 Å². The lowest BCUT2D eigenvalue weighted by Gasteiger charge is -2.28. The Hall–Kier alpha value is -0.490. The van der Waals surface area contributed by atoms with Crippen LogP contribution in [0.5, 0.6) is 0 Å². The number of hydrogen-bond acceptors (Lipinski definition) is 5. The molecule has 2 saturated heterocycles. The predicted octanol–water partition coefficient (Wildman–Crippen LogP) is 1.61. The van der Waals surface area contributed by atoms with E-state index < -0.39 is 0 Å². The molecule has 1 aromatic rings. The van der Waals surface area contributed by atoms with Crippen molar-refractivity contribution in [1.82, 2.24) is 15.2 Å².